The molecule has 5 heteroatoms. The van der Waals surface area contributed by atoms with Crippen LogP contribution in [0.25, 0.3) is 0 Å². The standard InChI is InChI=1S/C11H15IN2O2/c1-2-3-6-9(11(15)16)14-10-8(12)5-4-7-13-10/h4-5,7,9H,2-3,6H2,1H3,(H,13,14)(H,15,16). The molecule has 0 aliphatic carbocycles. The Labute approximate surface area is 109 Å². The number of aromatic nitrogens is 1. The predicted molar refractivity (Wildman–Crippen MR) is 71.5 cm³/mol. The number of nitrogens with zero attached hydrogens (tertiary/aromatic N) is 1. The first kappa shape index (κ1) is 13.2. The van der Waals surface area contributed by atoms with Gasteiger partial charge in [0.1, 0.15) is 11.9 Å². The van der Waals surface area contributed by atoms with E-state index < -0.39 is 12.0 Å². The van der Waals surface area contributed by atoms with E-state index in [4.69, 9.17) is 5.11 Å². The van der Waals surface area contributed by atoms with Crippen LogP contribution >= 0.6 is 22.6 Å². The van der Waals surface area contributed by atoms with Gasteiger partial charge in [0, 0.05) is 6.20 Å². The van der Waals surface area contributed by atoms with Gasteiger partial charge in [-0.05, 0) is 41.1 Å². The largest absolute Gasteiger partial charge is 0.480 e. The van der Waals surface area contributed by atoms with Crippen molar-refractivity contribution in [3.05, 3.63) is 21.9 Å². The van der Waals surface area contributed by atoms with Crippen LogP contribution in [0, 0.1) is 3.57 Å². The molecule has 0 spiro atoms. The Morgan fingerprint density at radius 2 is 2.44 bits per heavy atom. The molecule has 0 saturated heterocycles. The zero-order chi connectivity index (χ0) is 12.0. The first-order valence-corrected chi connectivity index (χ1v) is 6.33. The monoisotopic (exact) mass is 334 g/mol. The third-order valence-electron chi connectivity index (χ3n) is 2.21. The number of hydrogen-bond donors (Lipinski definition) is 2. The fourth-order valence-electron chi connectivity index (χ4n) is 1.32. The van der Waals surface area contributed by atoms with E-state index >= 15 is 0 Å². The molecule has 0 aromatic carbocycles. The van der Waals surface area contributed by atoms with Crippen LogP contribution in [0.3, 0.4) is 0 Å². The van der Waals surface area contributed by atoms with Gasteiger partial charge in [-0.25, -0.2) is 9.78 Å². The topological polar surface area (TPSA) is 62.2 Å². The van der Waals surface area contributed by atoms with Gasteiger partial charge in [0.2, 0.25) is 0 Å². The second kappa shape index (κ2) is 6.67. The van der Waals surface area contributed by atoms with Crippen molar-refractivity contribution in [2.45, 2.75) is 32.2 Å². The number of aliphatic carboxylic acids is 1. The first-order valence-electron chi connectivity index (χ1n) is 5.25. The van der Waals surface area contributed by atoms with Crippen LogP contribution in [-0.4, -0.2) is 22.1 Å². The minimum Gasteiger partial charge on any atom is -0.480 e. The smallest absolute Gasteiger partial charge is 0.326 e. The lowest BCUT2D eigenvalue weighted by atomic mass is 10.1. The van der Waals surface area contributed by atoms with Gasteiger partial charge in [-0.3, -0.25) is 0 Å². The number of pyridine rings is 1. The molecule has 0 fully saturated rings. The Morgan fingerprint density at radius 1 is 1.69 bits per heavy atom. The summed E-state index contributed by atoms with van der Waals surface area (Å²) in [4.78, 5) is 15.2. The molecule has 1 aromatic rings. The van der Waals surface area contributed by atoms with Crippen LogP contribution in [-0.2, 0) is 4.79 Å². The van der Waals surface area contributed by atoms with Crippen molar-refractivity contribution in [3.8, 4) is 0 Å². The zero-order valence-corrected chi connectivity index (χ0v) is 11.3. The Hall–Kier alpha value is -0.850. The van der Waals surface area contributed by atoms with E-state index in [0.717, 1.165) is 16.4 Å². The van der Waals surface area contributed by atoms with Crippen LogP contribution in [0.4, 0.5) is 5.82 Å². The highest BCUT2D eigenvalue weighted by atomic mass is 127. The van der Waals surface area contributed by atoms with E-state index in [1.165, 1.54) is 0 Å². The lowest BCUT2D eigenvalue weighted by Crippen LogP contribution is -2.29. The van der Waals surface area contributed by atoms with Gasteiger partial charge in [0.05, 0.1) is 3.57 Å². The van der Waals surface area contributed by atoms with Crippen molar-refractivity contribution in [1.29, 1.82) is 0 Å². The van der Waals surface area contributed by atoms with Crippen molar-refractivity contribution in [1.82, 2.24) is 4.98 Å². The second-order valence-electron chi connectivity index (χ2n) is 3.51. The van der Waals surface area contributed by atoms with Crippen molar-refractivity contribution in [3.63, 3.8) is 0 Å². The summed E-state index contributed by atoms with van der Waals surface area (Å²) in [6, 6.07) is 3.17. The van der Waals surface area contributed by atoms with Crippen LogP contribution in [0.15, 0.2) is 18.3 Å². The summed E-state index contributed by atoms with van der Waals surface area (Å²) < 4.78 is 0.933. The lowest BCUT2D eigenvalue weighted by molar-refractivity contribution is -0.138. The van der Waals surface area contributed by atoms with E-state index in [1.54, 1.807) is 6.20 Å². The van der Waals surface area contributed by atoms with Gasteiger partial charge in [-0.15, -0.1) is 0 Å². The van der Waals surface area contributed by atoms with Crippen LogP contribution in [0.2, 0.25) is 0 Å². The average Bonchev–Trinajstić information content (AvgIpc) is 2.26. The van der Waals surface area contributed by atoms with Crippen LogP contribution in [0.5, 0.6) is 0 Å². The summed E-state index contributed by atoms with van der Waals surface area (Å²) in [6.45, 7) is 2.05. The highest BCUT2D eigenvalue weighted by Gasteiger charge is 2.17. The minimum absolute atomic E-state index is 0.552. The number of rotatable bonds is 6. The molecule has 1 atom stereocenters. The maximum atomic E-state index is 11.0. The molecule has 1 aromatic heterocycles. The molecule has 16 heavy (non-hydrogen) atoms. The number of unbranched alkanes of at least 4 members (excludes halogenated alkanes) is 1. The molecule has 0 radical (unpaired) electrons. The SMILES string of the molecule is CCCCC(Nc1ncccc1I)C(=O)O. The molecule has 0 aliphatic heterocycles. The van der Waals surface area contributed by atoms with E-state index in [1.807, 2.05) is 19.1 Å². The molecule has 2 N–H and O–H groups in total. The number of carboxylic acids is 1. The molecule has 1 unspecified atom stereocenters. The summed E-state index contributed by atoms with van der Waals surface area (Å²) in [5.74, 6) is -0.179. The highest BCUT2D eigenvalue weighted by molar-refractivity contribution is 14.1. The summed E-state index contributed by atoms with van der Waals surface area (Å²) in [5.41, 5.74) is 0. The summed E-state index contributed by atoms with van der Waals surface area (Å²) in [6.07, 6.45) is 4.17. The number of nitrogens with one attached hydrogen (secondary N) is 1. The normalized spacial score (nSPS) is 12.1. The zero-order valence-electron chi connectivity index (χ0n) is 9.11. The van der Waals surface area contributed by atoms with Crippen molar-refractivity contribution < 1.29 is 9.90 Å². The van der Waals surface area contributed by atoms with Crippen molar-refractivity contribution >= 4 is 34.4 Å². The van der Waals surface area contributed by atoms with E-state index in [9.17, 15) is 4.79 Å². The van der Waals surface area contributed by atoms with E-state index in [2.05, 4.69) is 32.9 Å². The maximum absolute atomic E-state index is 11.0. The van der Waals surface area contributed by atoms with Crippen molar-refractivity contribution in [2.24, 2.45) is 0 Å². The Balaban J connectivity index is 2.68. The fraction of sp³-hybridized carbons (Fsp3) is 0.455. The predicted octanol–water partition coefficient (Wildman–Crippen LogP) is 2.74. The van der Waals surface area contributed by atoms with Crippen LogP contribution < -0.4 is 5.32 Å². The maximum Gasteiger partial charge on any atom is 0.326 e. The molecule has 1 rings (SSSR count). The molecule has 0 aliphatic rings. The van der Waals surface area contributed by atoms with Gasteiger partial charge in [-0.1, -0.05) is 19.8 Å². The van der Waals surface area contributed by atoms with E-state index in [-0.39, 0.29) is 0 Å². The Kier molecular flexibility index (Phi) is 5.51. The Bertz CT molecular complexity index is 358. The number of anilines is 1. The quantitative estimate of drug-likeness (QED) is 0.786. The molecule has 1 heterocycles. The third-order valence-corrected chi connectivity index (χ3v) is 3.08. The molecular weight excluding hydrogens is 319 g/mol. The number of hydrogen-bond acceptors (Lipinski definition) is 3. The van der Waals surface area contributed by atoms with Gasteiger partial charge in [0.25, 0.3) is 0 Å². The molecule has 88 valence electrons. The second-order valence-corrected chi connectivity index (χ2v) is 4.67. The minimum atomic E-state index is -0.824. The van der Waals surface area contributed by atoms with Crippen molar-refractivity contribution in [2.75, 3.05) is 5.32 Å². The van der Waals surface area contributed by atoms with E-state index in [0.29, 0.717) is 12.2 Å². The van der Waals surface area contributed by atoms with Crippen LogP contribution in [0.1, 0.15) is 26.2 Å². The lowest BCUT2D eigenvalue weighted by Gasteiger charge is -2.15. The molecule has 0 bridgehead atoms. The number of carbonyl (C=O) groups is 1. The summed E-state index contributed by atoms with van der Waals surface area (Å²) >= 11 is 2.14. The van der Waals surface area contributed by atoms with Gasteiger partial charge in [-0.2, -0.15) is 0 Å². The fourth-order valence-corrected chi connectivity index (χ4v) is 1.83. The molecule has 0 saturated carbocycles. The summed E-state index contributed by atoms with van der Waals surface area (Å²) in [7, 11) is 0. The third kappa shape index (κ3) is 3.96. The van der Waals surface area contributed by atoms with Gasteiger partial charge >= 0.3 is 5.97 Å². The number of halogens is 1. The summed E-state index contributed by atoms with van der Waals surface area (Å²) in [5, 5.41) is 12.0. The molecule has 4 nitrogen and oxygen atoms in total. The van der Waals surface area contributed by atoms with Gasteiger partial charge in [0.15, 0.2) is 0 Å². The first-order chi connectivity index (χ1) is 7.65. The Morgan fingerprint density at radius 3 is 3.00 bits per heavy atom. The highest BCUT2D eigenvalue weighted by Crippen LogP contribution is 2.16. The number of carboxylic acid groups (broad SMARTS) is 1. The van der Waals surface area contributed by atoms with Gasteiger partial charge < -0.3 is 10.4 Å². The molecule has 0 amide bonds. The molecular formula is C11H15IN2O2. The average molecular weight is 334 g/mol.